The second-order valence-electron chi connectivity index (χ2n) is 8.37. The van der Waals surface area contributed by atoms with E-state index in [-0.39, 0.29) is 17.8 Å². The van der Waals surface area contributed by atoms with Crippen LogP contribution in [0, 0.1) is 11.3 Å². The summed E-state index contributed by atoms with van der Waals surface area (Å²) in [6, 6.07) is 16.5. The summed E-state index contributed by atoms with van der Waals surface area (Å²) < 4.78 is 1.76. The quantitative estimate of drug-likeness (QED) is 0.533. The molecule has 4 rings (SSSR count). The number of aromatic nitrogens is 2. The van der Waals surface area contributed by atoms with Gasteiger partial charge in [0, 0.05) is 29.4 Å². The molecule has 0 saturated heterocycles. The van der Waals surface area contributed by atoms with Crippen LogP contribution in [0.15, 0.2) is 48.5 Å². The smallest absolute Gasteiger partial charge is 0.324 e. The Labute approximate surface area is 187 Å². The van der Waals surface area contributed by atoms with Crippen LogP contribution in [0.2, 0.25) is 0 Å². The molecule has 0 radical (unpaired) electrons. The van der Waals surface area contributed by atoms with E-state index in [4.69, 9.17) is 10.4 Å². The summed E-state index contributed by atoms with van der Waals surface area (Å²) in [6.07, 6.45) is 1.01. The summed E-state index contributed by atoms with van der Waals surface area (Å²) in [7, 11) is 0. The molecule has 0 atom stereocenters. The van der Waals surface area contributed by atoms with Crippen LogP contribution in [-0.4, -0.2) is 22.4 Å². The maximum Gasteiger partial charge on any atom is 0.324 e. The Balaban J connectivity index is 0.00000272. The van der Waals surface area contributed by atoms with Gasteiger partial charge in [-0.1, -0.05) is 32.9 Å². The van der Waals surface area contributed by atoms with Crippen molar-refractivity contribution in [2.24, 2.45) is 0 Å². The molecule has 0 spiro atoms. The van der Waals surface area contributed by atoms with E-state index in [0.717, 1.165) is 30.0 Å². The van der Waals surface area contributed by atoms with Gasteiger partial charge in [-0.15, -0.1) is 12.4 Å². The molecule has 31 heavy (non-hydrogen) atoms. The number of rotatable bonds is 3. The second kappa shape index (κ2) is 8.70. The van der Waals surface area contributed by atoms with Gasteiger partial charge in [0.15, 0.2) is 0 Å². The van der Waals surface area contributed by atoms with E-state index >= 15 is 0 Å². The first-order valence-electron chi connectivity index (χ1n) is 9.89. The average molecular weight is 437 g/mol. The largest absolute Gasteiger partial charge is 0.384 e. The summed E-state index contributed by atoms with van der Waals surface area (Å²) in [5.41, 5.74) is 5.00. The minimum atomic E-state index is -0.397. The van der Waals surface area contributed by atoms with E-state index in [0.29, 0.717) is 17.1 Å². The lowest BCUT2D eigenvalue weighted by atomic mass is 9.92. The Morgan fingerprint density at radius 1 is 1.16 bits per heavy atom. The monoisotopic (exact) mass is 436 g/mol. The summed E-state index contributed by atoms with van der Waals surface area (Å²) in [5.74, 6) is 0.576. The van der Waals surface area contributed by atoms with Gasteiger partial charge in [-0.25, -0.2) is 9.48 Å². The maximum atomic E-state index is 12.7. The van der Waals surface area contributed by atoms with Gasteiger partial charge in [-0.2, -0.15) is 10.4 Å². The predicted octanol–water partition coefficient (Wildman–Crippen LogP) is 5.08. The molecule has 7 nitrogen and oxygen atoms in total. The normalized spacial score (nSPS) is 12.2. The van der Waals surface area contributed by atoms with Crippen molar-refractivity contribution in [3.05, 3.63) is 65.4 Å². The summed E-state index contributed by atoms with van der Waals surface area (Å²) in [4.78, 5) is 12.7. The van der Waals surface area contributed by atoms with Gasteiger partial charge in [0.1, 0.15) is 5.82 Å². The van der Waals surface area contributed by atoms with Crippen molar-refractivity contribution in [2.45, 2.75) is 32.6 Å². The maximum absolute atomic E-state index is 12.7. The zero-order chi connectivity index (χ0) is 21.3. The molecule has 1 aliphatic rings. The molecular weight excluding hydrogens is 412 g/mol. The van der Waals surface area contributed by atoms with Crippen LogP contribution >= 0.6 is 12.4 Å². The van der Waals surface area contributed by atoms with Crippen molar-refractivity contribution in [2.75, 3.05) is 22.5 Å². The highest BCUT2D eigenvalue weighted by Gasteiger charge is 2.22. The predicted molar refractivity (Wildman–Crippen MR) is 126 cm³/mol. The molecule has 8 heteroatoms. The molecule has 1 aliphatic heterocycles. The topological polar surface area (TPSA) is 94.8 Å². The lowest BCUT2D eigenvalue weighted by molar-refractivity contribution is 0.262. The highest BCUT2D eigenvalue weighted by atomic mass is 35.5. The van der Waals surface area contributed by atoms with Gasteiger partial charge in [0.05, 0.1) is 23.0 Å². The van der Waals surface area contributed by atoms with Crippen molar-refractivity contribution < 1.29 is 4.79 Å². The molecule has 2 aromatic carbocycles. The second-order valence-corrected chi connectivity index (χ2v) is 8.37. The lowest BCUT2D eigenvalue weighted by Gasteiger charge is -2.14. The lowest BCUT2D eigenvalue weighted by Crippen LogP contribution is -2.21. The fourth-order valence-corrected chi connectivity index (χ4v) is 3.39. The first-order valence-corrected chi connectivity index (χ1v) is 9.89. The van der Waals surface area contributed by atoms with Gasteiger partial charge < -0.3 is 10.6 Å². The van der Waals surface area contributed by atoms with E-state index in [1.807, 2.05) is 12.1 Å². The van der Waals surface area contributed by atoms with Gasteiger partial charge >= 0.3 is 6.03 Å². The number of halogens is 1. The minimum absolute atomic E-state index is 0. The summed E-state index contributed by atoms with van der Waals surface area (Å²) >= 11 is 0. The molecule has 1 aromatic heterocycles. The fourth-order valence-electron chi connectivity index (χ4n) is 3.39. The Kier molecular flexibility index (Phi) is 6.23. The van der Waals surface area contributed by atoms with Gasteiger partial charge in [-0.05, 0) is 42.3 Å². The van der Waals surface area contributed by atoms with E-state index < -0.39 is 6.03 Å². The average Bonchev–Trinajstić information content (AvgIpc) is 3.34. The zero-order valence-electron chi connectivity index (χ0n) is 17.7. The number of hydrogen-bond donors (Lipinski definition) is 3. The SMILES string of the molecule is CC(C)(C)c1cc(NC(=O)Nc2cccc(C#N)c2)n(-c2ccc3c(c2)NCC3)n1.Cl. The van der Waals surface area contributed by atoms with Crippen LogP contribution < -0.4 is 16.0 Å². The molecule has 3 aromatic rings. The van der Waals surface area contributed by atoms with Crippen LogP contribution in [0.5, 0.6) is 0 Å². The number of hydrogen-bond acceptors (Lipinski definition) is 4. The van der Waals surface area contributed by atoms with E-state index in [1.54, 1.807) is 28.9 Å². The van der Waals surface area contributed by atoms with Crippen LogP contribution in [-0.2, 0) is 11.8 Å². The fraction of sp³-hybridized carbons (Fsp3) is 0.261. The Hall–Kier alpha value is -3.50. The molecule has 0 bridgehead atoms. The number of nitrogens with one attached hydrogen (secondary N) is 3. The van der Waals surface area contributed by atoms with Crippen molar-refractivity contribution >= 4 is 35.6 Å². The molecule has 0 aliphatic carbocycles. The Morgan fingerprint density at radius 2 is 1.97 bits per heavy atom. The number of benzene rings is 2. The first kappa shape index (κ1) is 22.2. The van der Waals surface area contributed by atoms with Crippen molar-refractivity contribution in [3.8, 4) is 11.8 Å². The van der Waals surface area contributed by atoms with Gasteiger partial charge in [0.25, 0.3) is 0 Å². The molecule has 2 heterocycles. The summed E-state index contributed by atoms with van der Waals surface area (Å²) in [6.45, 7) is 7.18. The van der Waals surface area contributed by atoms with E-state index in [9.17, 15) is 4.79 Å². The third-order valence-corrected chi connectivity index (χ3v) is 5.02. The van der Waals surface area contributed by atoms with Crippen molar-refractivity contribution in [1.82, 2.24) is 9.78 Å². The molecule has 160 valence electrons. The number of nitriles is 1. The van der Waals surface area contributed by atoms with Crippen molar-refractivity contribution in [1.29, 1.82) is 5.26 Å². The van der Waals surface area contributed by atoms with Gasteiger partial charge in [-0.3, -0.25) is 5.32 Å². The number of carbonyl (C=O) groups excluding carboxylic acids is 1. The molecule has 2 amide bonds. The number of carbonyl (C=O) groups is 1. The van der Waals surface area contributed by atoms with Crippen LogP contribution in [0.3, 0.4) is 0 Å². The van der Waals surface area contributed by atoms with Gasteiger partial charge in [0.2, 0.25) is 0 Å². The molecule has 0 fully saturated rings. The molecule has 3 N–H and O–H groups in total. The highest BCUT2D eigenvalue weighted by molar-refractivity contribution is 5.99. The number of anilines is 3. The third-order valence-electron chi connectivity index (χ3n) is 5.02. The Morgan fingerprint density at radius 3 is 2.71 bits per heavy atom. The standard InChI is InChI=1S/C23H24N6O.ClH/c1-23(2,3)20-13-21(27-22(30)26-17-6-4-5-15(11-17)14-24)29(28-20)18-8-7-16-9-10-25-19(16)12-18;/h4-8,11-13,25H,9-10H2,1-3H3,(H2,26,27,30);1H. The summed E-state index contributed by atoms with van der Waals surface area (Å²) in [5, 5.41) is 22.9. The Bertz CT molecular complexity index is 1160. The third kappa shape index (κ3) is 4.81. The molecule has 0 unspecified atom stereocenters. The highest BCUT2D eigenvalue weighted by Crippen LogP contribution is 2.30. The van der Waals surface area contributed by atoms with E-state index in [1.165, 1.54) is 5.56 Å². The zero-order valence-corrected chi connectivity index (χ0v) is 18.5. The number of urea groups is 1. The minimum Gasteiger partial charge on any atom is -0.384 e. The first-order chi connectivity index (χ1) is 14.3. The number of amides is 2. The van der Waals surface area contributed by atoms with Crippen LogP contribution in [0.25, 0.3) is 5.69 Å². The van der Waals surface area contributed by atoms with E-state index in [2.05, 4.69) is 54.9 Å². The number of nitrogens with zero attached hydrogens (tertiary/aromatic N) is 3. The van der Waals surface area contributed by atoms with Crippen LogP contribution in [0.4, 0.5) is 22.0 Å². The van der Waals surface area contributed by atoms with Crippen molar-refractivity contribution in [3.63, 3.8) is 0 Å². The van der Waals surface area contributed by atoms with Crippen LogP contribution in [0.1, 0.15) is 37.6 Å². The molecule has 0 saturated carbocycles. The number of fused-ring (bicyclic) bond motifs is 1. The molecular formula is C23H25ClN6O.